The molecule has 1 saturated heterocycles. The van der Waals surface area contributed by atoms with Gasteiger partial charge in [-0.05, 0) is 26.0 Å². The Morgan fingerprint density at radius 1 is 1.19 bits per heavy atom. The van der Waals surface area contributed by atoms with Crippen molar-refractivity contribution in [1.29, 1.82) is 0 Å². The van der Waals surface area contributed by atoms with E-state index in [0.29, 0.717) is 13.1 Å². The predicted octanol–water partition coefficient (Wildman–Crippen LogP) is 0.541. The lowest BCUT2D eigenvalue weighted by Crippen LogP contribution is -2.63. The van der Waals surface area contributed by atoms with Crippen molar-refractivity contribution in [3.8, 4) is 5.75 Å². The molecule has 0 aromatic heterocycles. The maximum atomic E-state index is 13.3. The molecule has 1 aliphatic rings. The Hall–Kier alpha value is -2.65. The van der Waals surface area contributed by atoms with Crippen LogP contribution in [0, 0.1) is 5.92 Å². The first-order chi connectivity index (χ1) is 14.7. The second kappa shape index (κ2) is 11.1. The molecule has 1 aromatic rings. The number of ether oxygens (including phenoxy) is 1. The number of nitrogens with zero attached hydrogens (tertiary/aromatic N) is 2. The number of hydrogen-bond donors (Lipinski definition) is 3. The first-order valence-electron chi connectivity index (χ1n) is 10.5. The molecule has 1 aromatic carbocycles. The third-order valence-corrected chi connectivity index (χ3v) is 5.68. The zero-order chi connectivity index (χ0) is 23.1. The number of rotatable bonds is 9. The topological polar surface area (TPSA) is 111 Å². The van der Waals surface area contributed by atoms with Crippen LogP contribution in [0.2, 0.25) is 0 Å². The van der Waals surface area contributed by atoms with Crippen molar-refractivity contribution in [2.24, 2.45) is 5.92 Å². The van der Waals surface area contributed by atoms with Gasteiger partial charge in [-0.3, -0.25) is 14.5 Å². The molecule has 172 valence electrons. The van der Waals surface area contributed by atoms with Crippen LogP contribution in [0.4, 0.5) is 0 Å². The van der Waals surface area contributed by atoms with Crippen LogP contribution >= 0.6 is 0 Å². The van der Waals surface area contributed by atoms with E-state index in [9.17, 15) is 19.5 Å². The van der Waals surface area contributed by atoms with Gasteiger partial charge in [0.05, 0.1) is 13.2 Å². The number of carbonyl (C=O) groups excluding carboxylic acids is 2. The molecule has 3 atom stereocenters. The number of benzene rings is 1. The number of nitrogens with one attached hydrogen (secondary N) is 2. The predicted molar refractivity (Wildman–Crippen MR) is 117 cm³/mol. The average molecular weight is 435 g/mol. The van der Waals surface area contributed by atoms with Crippen LogP contribution in [0.1, 0.15) is 26.3 Å². The van der Waals surface area contributed by atoms with E-state index in [2.05, 4.69) is 10.6 Å². The van der Waals surface area contributed by atoms with E-state index >= 15 is 0 Å². The Labute approximate surface area is 183 Å². The molecule has 0 bridgehead atoms. The Bertz CT molecular complexity index is 785. The quantitative estimate of drug-likeness (QED) is 0.520. The molecule has 1 fully saturated rings. The summed E-state index contributed by atoms with van der Waals surface area (Å²) in [5.41, 5.74) is 0.960. The molecule has 0 radical (unpaired) electrons. The Morgan fingerprint density at radius 2 is 1.87 bits per heavy atom. The molecule has 3 N–H and O–H groups in total. The SMILES string of the molecule is CNC(C)C(=O)NC(C(=O)N1CCN(Cc2ccccc2OC)CC1C(=O)O)C(C)C. The summed E-state index contributed by atoms with van der Waals surface area (Å²) in [6.07, 6.45) is 0. The summed E-state index contributed by atoms with van der Waals surface area (Å²) >= 11 is 0. The second-order valence-electron chi connectivity index (χ2n) is 8.17. The molecule has 1 aliphatic heterocycles. The number of hydrogen-bond acceptors (Lipinski definition) is 6. The van der Waals surface area contributed by atoms with Gasteiger partial charge in [-0.25, -0.2) is 4.79 Å². The summed E-state index contributed by atoms with van der Waals surface area (Å²) in [6, 6.07) is 5.37. The van der Waals surface area contributed by atoms with Crippen LogP contribution in [0.5, 0.6) is 5.75 Å². The summed E-state index contributed by atoms with van der Waals surface area (Å²) in [5, 5.41) is 15.4. The third kappa shape index (κ3) is 6.18. The van der Waals surface area contributed by atoms with Gasteiger partial charge < -0.3 is 25.4 Å². The molecule has 0 saturated carbocycles. The van der Waals surface area contributed by atoms with Crippen LogP contribution < -0.4 is 15.4 Å². The van der Waals surface area contributed by atoms with E-state index in [-0.39, 0.29) is 30.8 Å². The largest absolute Gasteiger partial charge is 0.496 e. The number of amides is 2. The van der Waals surface area contributed by atoms with Gasteiger partial charge in [0.15, 0.2) is 0 Å². The van der Waals surface area contributed by atoms with Crippen molar-refractivity contribution in [2.75, 3.05) is 33.8 Å². The first-order valence-corrected chi connectivity index (χ1v) is 10.5. The van der Waals surface area contributed by atoms with Crippen LogP contribution in [0.3, 0.4) is 0 Å². The number of piperazine rings is 1. The summed E-state index contributed by atoms with van der Waals surface area (Å²) in [7, 11) is 3.27. The summed E-state index contributed by atoms with van der Waals surface area (Å²) in [6.45, 7) is 6.89. The maximum Gasteiger partial charge on any atom is 0.327 e. The van der Waals surface area contributed by atoms with Crippen molar-refractivity contribution >= 4 is 17.8 Å². The molecular weight excluding hydrogens is 400 g/mol. The van der Waals surface area contributed by atoms with Gasteiger partial charge in [-0.15, -0.1) is 0 Å². The lowest BCUT2D eigenvalue weighted by molar-refractivity contribution is -0.155. The minimum Gasteiger partial charge on any atom is -0.496 e. The van der Waals surface area contributed by atoms with E-state index in [1.54, 1.807) is 21.1 Å². The number of methoxy groups -OCH3 is 1. The van der Waals surface area contributed by atoms with E-state index in [0.717, 1.165) is 11.3 Å². The Kier molecular flexibility index (Phi) is 8.82. The standard InChI is InChI=1S/C22H34N4O5/c1-14(2)19(24-20(27)15(3)23-4)21(28)26-11-10-25(13-17(26)22(29)30)12-16-8-6-7-9-18(16)31-5/h6-9,14-15,17,19,23H,10-13H2,1-5H3,(H,24,27)(H,29,30). The van der Waals surface area contributed by atoms with Crippen LogP contribution in [0.15, 0.2) is 24.3 Å². The van der Waals surface area contributed by atoms with E-state index in [4.69, 9.17) is 4.74 Å². The summed E-state index contributed by atoms with van der Waals surface area (Å²) in [4.78, 5) is 41.0. The molecule has 3 unspecified atom stereocenters. The van der Waals surface area contributed by atoms with Gasteiger partial charge in [-0.1, -0.05) is 32.0 Å². The Balaban J connectivity index is 2.14. The van der Waals surface area contributed by atoms with Crippen molar-refractivity contribution < 1.29 is 24.2 Å². The third-order valence-electron chi connectivity index (χ3n) is 5.68. The fraction of sp³-hybridized carbons (Fsp3) is 0.591. The fourth-order valence-electron chi connectivity index (χ4n) is 3.63. The minimum atomic E-state index is -1.06. The summed E-state index contributed by atoms with van der Waals surface area (Å²) < 4.78 is 5.39. The molecule has 1 heterocycles. The number of para-hydroxylation sites is 1. The highest BCUT2D eigenvalue weighted by Crippen LogP contribution is 2.22. The van der Waals surface area contributed by atoms with Crippen molar-refractivity contribution in [3.05, 3.63) is 29.8 Å². The van der Waals surface area contributed by atoms with Crippen LogP contribution in [-0.4, -0.2) is 84.6 Å². The number of aliphatic carboxylic acids is 1. The number of likely N-dealkylation sites (N-methyl/N-ethyl adjacent to an activating group) is 1. The number of carboxylic acids is 1. The molecule has 0 aliphatic carbocycles. The van der Waals surface area contributed by atoms with Gasteiger partial charge >= 0.3 is 5.97 Å². The molecular formula is C22H34N4O5. The monoisotopic (exact) mass is 434 g/mol. The van der Waals surface area contributed by atoms with E-state index < -0.39 is 24.1 Å². The highest BCUT2D eigenvalue weighted by molar-refractivity contribution is 5.92. The van der Waals surface area contributed by atoms with Gasteiger partial charge in [0.2, 0.25) is 11.8 Å². The van der Waals surface area contributed by atoms with Gasteiger partial charge in [0, 0.05) is 31.7 Å². The highest BCUT2D eigenvalue weighted by atomic mass is 16.5. The molecule has 2 amide bonds. The normalized spacial score (nSPS) is 19.0. The smallest absolute Gasteiger partial charge is 0.327 e. The minimum absolute atomic E-state index is 0.179. The molecule has 0 spiro atoms. The zero-order valence-corrected chi connectivity index (χ0v) is 18.9. The number of carboxylic acid groups (broad SMARTS) is 1. The van der Waals surface area contributed by atoms with E-state index in [1.807, 2.05) is 43.0 Å². The fourth-order valence-corrected chi connectivity index (χ4v) is 3.63. The van der Waals surface area contributed by atoms with Gasteiger partial charge in [-0.2, -0.15) is 0 Å². The molecule has 9 nitrogen and oxygen atoms in total. The Morgan fingerprint density at radius 3 is 2.45 bits per heavy atom. The van der Waals surface area contributed by atoms with Gasteiger partial charge in [0.25, 0.3) is 0 Å². The van der Waals surface area contributed by atoms with Crippen molar-refractivity contribution in [1.82, 2.24) is 20.4 Å². The van der Waals surface area contributed by atoms with Crippen LogP contribution in [-0.2, 0) is 20.9 Å². The molecule has 2 rings (SSSR count). The lowest BCUT2D eigenvalue weighted by Gasteiger charge is -2.41. The first kappa shape index (κ1) is 24.6. The average Bonchev–Trinajstić information content (AvgIpc) is 2.76. The van der Waals surface area contributed by atoms with Gasteiger partial charge in [0.1, 0.15) is 17.8 Å². The lowest BCUT2D eigenvalue weighted by atomic mass is 10.00. The van der Waals surface area contributed by atoms with Crippen LogP contribution in [0.25, 0.3) is 0 Å². The summed E-state index contributed by atoms with van der Waals surface area (Å²) in [5.74, 6) is -1.15. The second-order valence-corrected chi connectivity index (χ2v) is 8.17. The van der Waals surface area contributed by atoms with E-state index in [1.165, 1.54) is 4.90 Å². The number of carbonyl (C=O) groups is 3. The van der Waals surface area contributed by atoms with Crippen molar-refractivity contribution in [2.45, 2.75) is 45.4 Å². The maximum absolute atomic E-state index is 13.3. The zero-order valence-electron chi connectivity index (χ0n) is 18.9. The molecule has 9 heteroatoms. The highest BCUT2D eigenvalue weighted by Gasteiger charge is 2.39. The van der Waals surface area contributed by atoms with Crippen molar-refractivity contribution in [3.63, 3.8) is 0 Å². The molecule has 31 heavy (non-hydrogen) atoms.